The highest BCUT2D eigenvalue weighted by molar-refractivity contribution is 7.99. The van der Waals surface area contributed by atoms with Gasteiger partial charge in [0.1, 0.15) is 16.1 Å². The van der Waals surface area contributed by atoms with Crippen LogP contribution in [-0.4, -0.2) is 33.2 Å². The first kappa shape index (κ1) is 22.8. The van der Waals surface area contributed by atoms with Gasteiger partial charge in [-0.1, -0.05) is 77.8 Å². The fourth-order valence-corrected chi connectivity index (χ4v) is 20.8. The Kier molecular flexibility index (Phi) is 13.4. The molecule has 0 atom stereocenters. The van der Waals surface area contributed by atoms with E-state index in [9.17, 15) is 0 Å². The second-order valence-electron chi connectivity index (χ2n) is 6.19. The van der Waals surface area contributed by atoms with E-state index in [4.69, 9.17) is 0 Å². The molecule has 0 aromatic rings. The van der Waals surface area contributed by atoms with E-state index in [0.29, 0.717) is 10.9 Å². The monoisotopic (exact) mass is 432 g/mol. The number of hydrogen-bond acceptors (Lipinski definition) is 0. The lowest BCUT2D eigenvalue weighted by molar-refractivity contribution is -0.00000443. The normalized spacial score (nSPS) is 12.6. The van der Waals surface area contributed by atoms with Gasteiger partial charge in [0.05, 0.1) is 17.0 Å². The van der Waals surface area contributed by atoms with Gasteiger partial charge in [0.25, 0.3) is 0 Å². The van der Waals surface area contributed by atoms with Gasteiger partial charge in [-0.25, -0.2) is 0 Å². The SMILES string of the molecule is CC[Si](CC)(CC)C[S+](C)C[Si](CC)(CC)CC.[I-]. The maximum absolute atomic E-state index is 2.59. The molecule has 0 unspecified atom stereocenters. The summed E-state index contributed by atoms with van der Waals surface area (Å²) in [5, 5.41) is 3.26. The third-order valence-corrected chi connectivity index (χ3v) is 23.4. The van der Waals surface area contributed by atoms with E-state index in [2.05, 4.69) is 47.8 Å². The highest BCUT2D eigenvalue weighted by atomic mass is 127. The van der Waals surface area contributed by atoms with Crippen LogP contribution in [0.25, 0.3) is 0 Å². The van der Waals surface area contributed by atoms with E-state index in [1.54, 1.807) is 10.8 Å². The first-order chi connectivity index (χ1) is 8.46. The fourth-order valence-electron chi connectivity index (χ4n) is 3.21. The molecule has 0 nitrogen and oxygen atoms in total. The van der Waals surface area contributed by atoms with Crippen molar-refractivity contribution in [2.75, 3.05) is 17.0 Å². The smallest absolute Gasteiger partial charge is 0.112 e. The number of rotatable bonds is 10. The second kappa shape index (κ2) is 11.1. The van der Waals surface area contributed by atoms with Crippen molar-refractivity contribution in [3.05, 3.63) is 0 Å². The molecule has 4 heteroatoms. The Balaban J connectivity index is 0. The van der Waals surface area contributed by atoms with Crippen LogP contribution in [0.4, 0.5) is 0 Å². The van der Waals surface area contributed by atoms with Crippen molar-refractivity contribution in [2.45, 2.75) is 77.8 Å². The fraction of sp³-hybridized carbons (Fsp3) is 1.00. The molecule has 0 aromatic carbocycles. The molecule has 0 aliphatic rings. The van der Waals surface area contributed by atoms with E-state index >= 15 is 0 Å². The molecule has 0 fully saturated rings. The van der Waals surface area contributed by atoms with Crippen LogP contribution in [0.2, 0.25) is 36.3 Å². The zero-order valence-electron chi connectivity index (χ0n) is 14.4. The van der Waals surface area contributed by atoms with Gasteiger partial charge in [-0.05, 0) is 10.9 Å². The Morgan fingerprint density at radius 3 is 0.947 bits per heavy atom. The molecule has 0 heterocycles. The molecule has 0 spiro atoms. The molecule has 0 amide bonds. The summed E-state index contributed by atoms with van der Waals surface area (Å²) in [7, 11) is -1.05. The van der Waals surface area contributed by atoms with Crippen molar-refractivity contribution in [1.82, 2.24) is 0 Å². The molecule has 0 radical (unpaired) electrons. The van der Waals surface area contributed by atoms with Gasteiger partial charge in [0, 0.05) is 0 Å². The zero-order chi connectivity index (χ0) is 14.2. The summed E-state index contributed by atoms with van der Waals surface area (Å²) in [4.78, 5) is 0. The number of halogens is 1. The van der Waals surface area contributed by atoms with Gasteiger partial charge in [0.15, 0.2) is 0 Å². The van der Waals surface area contributed by atoms with Crippen molar-refractivity contribution in [1.29, 1.82) is 0 Å². The molecule has 118 valence electrons. The van der Waals surface area contributed by atoms with Gasteiger partial charge >= 0.3 is 0 Å². The summed E-state index contributed by atoms with van der Waals surface area (Å²) in [6, 6.07) is 9.06. The van der Waals surface area contributed by atoms with Crippen molar-refractivity contribution in [2.24, 2.45) is 0 Å². The predicted octanol–water partition coefficient (Wildman–Crippen LogP) is 2.33. The van der Waals surface area contributed by atoms with Crippen molar-refractivity contribution < 1.29 is 24.0 Å². The average Bonchev–Trinajstić information content (AvgIpc) is 2.42. The molecule has 0 saturated heterocycles. The Morgan fingerprint density at radius 2 is 0.789 bits per heavy atom. The van der Waals surface area contributed by atoms with Gasteiger partial charge < -0.3 is 24.0 Å². The number of hydrogen-bond donors (Lipinski definition) is 0. The average molecular weight is 433 g/mol. The van der Waals surface area contributed by atoms with Crippen molar-refractivity contribution in [3.8, 4) is 0 Å². The minimum Gasteiger partial charge on any atom is -1.00 e. The third kappa shape index (κ3) is 6.87. The van der Waals surface area contributed by atoms with E-state index < -0.39 is 16.1 Å². The van der Waals surface area contributed by atoms with E-state index in [-0.39, 0.29) is 24.0 Å². The molecule has 0 aromatic heterocycles. The van der Waals surface area contributed by atoms with Crippen LogP contribution in [0, 0.1) is 0 Å². The maximum atomic E-state index is 2.59. The van der Waals surface area contributed by atoms with Crippen LogP contribution in [0.5, 0.6) is 0 Å². The predicted molar refractivity (Wildman–Crippen MR) is 97.4 cm³/mol. The van der Waals surface area contributed by atoms with Crippen LogP contribution in [0.3, 0.4) is 0 Å². The summed E-state index contributed by atoms with van der Waals surface area (Å²) < 4.78 is 0. The van der Waals surface area contributed by atoms with E-state index in [0.717, 1.165) is 0 Å². The summed E-state index contributed by atoms with van der Waals surface area (Å²) in [6.45, 7) is 14.8. The van der Waals surface area contributed by atoms with Crippen molar-refractivity contribution in [3.63, 3.8) is 0 Å². The molecule has 0 saturated carbocycles. The molecular formula is C15H37ISSi2. The van der Waals surface area contributed by atoms with E-state index in [1.807, 2.05) is 0 Å². The lowest BCUT2D eigenvalue weighted by Gasteiger charge is -2.30. The van der Waals surface area contributed by atoms with Gasteiger partial charge in [-0.15, -0.1) is 0 Å². The zero-order valence-corrected chi connectivity index (χ0v) is 19.4. The Hall–Kier alpha value is 1.51. The van der Waals surface area contributed by atoms with Gasteiger partial charge in [0.2, 0.25) is 0 Å². The van der Waals surface area contributed by atoms with E-state index in [1.165, 1.54) is 36.3 Å². The molecule has 0 aliphatic heterocycles. The first-order valence-electron chi connectivity index (χ1n) is 8.06. The van der Waals surface area contributed by atoms with Crippen LogP contribution in [-0.2, 0) is 10.9 Å². The lowest BCUT2D eigenvalue weighted by Crippen LogP contribution is -3.00. The molecule has 0 aliphatic carbocycles. The Morgan fingerprint density at radius 1 is 0.579 bits per heavy atom. The van der Waals surface area contributed by atoms with Crippen LogP contribution in [0.15, 0.2) is 0 Å². The summed E-state index contributed by atoms with van der Waals surface area (Å²) in [6.07, 6.45) is 2.59. The lowest BCUT2D eigenvalue weighted by atomic mass is 10.9. The molecule has 19 heavy (non-hydrogen) atoms. The molecule has 0 N–H and O–H groups in total. The van der Waals surface area contributed by atoms with Gasteiger partial charge in [-0.3, -0.25) is 0 Å². The first-order valence-corrected chi connectivity index (χ1v) is 15.7. The second-order valence-corrected chi connectivity index (χ2v) is 20.3. The quantitative estimate of drug-likeness (QED) is 0.282. The Labute approximate surface area is 145 Å². The van der Waals surface area contributed by atoms with Crippen molar-refractivity contribution >= 4 is 27.0 Å². The molecule has 0 rings (SSSR count). The van der Waals surface area contributed by atoms with Crippen LogP contribution >= 0.6 is 0 Å². The largest absolute Gasteiger partial charge is 1.00 e. The Bertz CT molecular complexity index is 178. The topological polar surface area (TPSA) is 0 Å². The van der Waals surface area contributed by atoms with Crippen LogP contribution in [0.1, 0.15) is 41.5 Å². The highest BCUT2D eigenvalue weighted by Crippen LogP contribution is 2.27. The molecular weight excluding hydrogens is 395 g/mol. The standard InChI is InChI=1S/C15H37SSi2.HI/c1-8-17(9-2,10-3)14-16(7)15-18(11-4,12-5)13-6;/h8-15H2,1-7H3;1H/q+1;/p-1. The summed E-state index contributed by atoms with van der Waals surface area (Å²) in [5.74, 6) is 0. The summed E-state index contributed by atoms with van der Waals surface area (Å²) in [5.41, 5.74) is 0. The minimum absolute atomic E-state index is 0. The highest BCUT2D eigenvalue weighted by Gasteiger charge is 2.39. The van der Waals surface area contributed by atoms with Crippen LogP contribution < -0.4 is 24.0 Å². The maximum Gasteiger partial charge on any atom is 0.112 e. The minimum atomic E-state index is -0.884. The summed E-state index contributed by atoms with van der Waals surface area (Å²) >= 11 is 0. The third-order valence-electron chi connectivity index (χ3n) is 5.61. The molecule has 0 bridgehead atoms. The van der Waals surface area contributed by atoms with Gasteiger partial charge in [-0.2, -0.15) is 0 Å².